The number of hydrogen-bond donors (Lipinski definition) is 1. The molecule has 2 aromatic carbocycles. The van der Waals surface area contributed by atoms with E-state index in [1.54, 1.807) is 6.08 Å². The van der Waals surface area contributed by atoms with Crippen LogP contribution in [0.1, 0.15) is 5.56 Å². The molecule has 5 nitrogen and oxygen atoms in total. The Morgan fingerprint density at radius 3 is 2.30 bits per heavy atom. The first-order valence-corrected chi connectivity index (χ1v) is 7.87. The molecule has 142 valence electrons. The van der Waals surface area contributed by atoms with Gasteiger partial charge in [0.2, 0.25) is 11.8 Å². The van der Waals surface area contributed by atoms with Gasteiger partial charge in [0.25, 0.3) is 0 Å². The average molecular weight is 378 g/mol. The van der Waals surface area contributed by atoms with Gasteiger partial charge in [-0.05, 0) is 35.9 Å². The Morgan fingerprint density at radius 1 is 1.07 bits per heavy atom. The molecule has 0 aromatic heterocycles. The molecule has 0 unspecified atom stereocenters. The van der Waals surface area contributed by atoms with Crippen molar-refractivity contribution < 1.29 is 27.5 Å². The molecule has 2 amide bonds. The van der Waals surface area contributed by atoms with Crippen LogP contribution >= 0.6 is 0 Å². The van der Waals surface area contributed by atoms with E-state index in [4.69, 9.17) is 0 Å². The van der Waals surface area contributed by atoms with Crippen LogP contribution in [-0.2, 0) is 9.59 Å². The van der Waals surface area contributed by atoms with Crippen LogP contribution in [0.5, 0.6) is 5.75 Å². The smallest absolute Gasteiger partial charge is 0.406 e. The lowest BCUT2D eigenvalue weighted by atomic mass is 10.2. The van der Waals surface area contributed by atoms with Gasteiger partial charge in [-0.2, -0.15) is 0 Å². The number of rotatable bonds is 6. The number of nitrogens with zero attached hydrogens (tertiary/aromatic N) is 1. The molecule has 27 heavy (non-hydrogen) atoms. The van der Waals surface area contributed by atoms with Gasteiger partial charge in [0, 0.05) is 18.8 Å². The second kappa shape index (κ2) is 8.88. The maximum absolute atomic E-state index is 12.1. The van der Waals surface area contributed by atoms with Crippen molar-refractivity contribution in [3.05, 3.63) is 66.2 Å². The van der Waals surface area contributed by atoms with Crippen molar-refractivity contribution in [2.45, 2.75) is 6.36 Å². The van der Waals surface area contributed by atoms with E-state index in [1.807, 2.05) is 30.3 Å². The third-order valence-electron chi connectivity index (χ3n) is 3.35. The van der Waals surface area contributed by atoms with E-state index in [0.29, 0.717) is 0 Å². The van der Waals surface area contributed by atoms with E-state index in [1.165, 1.54) is 30.2 Å². The number of alkyl halides is 3. The number of likely N-dealkylation sites (N-methyl/N-ethyl adjacent to an activating group) is 1. The third-order valence-corrected chi connectivity index (χ3v) is 3.35. The number of hydrogen-bond acceptors (Lipinski definition) is 3. The Bertz CT molecular complexity index is 803. The van der Waals surface area contributed by atoms with Crippen molar-refractivity contribution in [3.8, 4) is 5.75 Å². The zero-order valence-corrected chi connectivity index (χ0v) is 14.4. The van der Waals surface area contributed by atoms with Crippen molar-refractivity contribution in [3.63, 3.8) is 0 Å². The third kappa shape index (κ3) is 7.23. The maximum atomic E-state index is 12.1. The number of halogens is 3. The Morgan fingerprint density at radius 2 is 1.70 bits per heavy atom. The molecule has 0 aliphatic rings. The monoisotopic (exact) mass is 378 g/mol. The molecule has 0 aliphatic heterocycles. The molecule has 0 bridgehead atoms. The van der Waals surface area contributed by atoms with Crippen LogP contribution < -0.4 is 10.1 Å². The minimum absolute atomic E-state index is 0.210. The second-order valence-electron chi connectivity index (χ2n) is 5.56. The van der Waals surface area contributed by atoms with Gasteiger partial charge in [0.05, 0.1) is 6.54 Å². The molecule has 1 N–H and O–H groups in total. The summed E-state index contributed by atoms with van der Waals surface area (Å²) in [4.78, 5) is 25.2. The zero-order chi connectivity index (χ0) is 19.9. The molecule has 2 rings (SSSR count). The maximum Gasteiger partial charge on any atom is 0.573 e. The summed E-state index contributed by atoms with van der Waals surface area (Å²) < 4.78 is 40.1. The minimum Gasteiger partial charge on any atom is -0.406 e. The molecule has 0 heterocycles. The lowest BCUT2D eigenvalue weighted by molar-refractivity contribution is -0.274. The number of carbonyl (C=O) groups excluding carboxylic acids is 2. The van der Waals surface area contributed by atoms with Crippen molar-refractivity contribution in [1.29, 1.82) is 0 Å². The summed E-state index contributed by atoms with van der Waals surface area (Å²) in [5.74, 6) is -1.23. The van der Waals surface area contributed by atoms with E-state index in [2.05, 4.69) is 10.1 Å². The summed E-state index contributed by atoms with van der Waals surface area (Å²) in [5.41, 5.74) is 1.14. The molecule has 0 spiro atoms. The van der Waals surface area contributed by atoms with E-state index < -0.39 is 12.3 Å². The highest BCUT2D eigenvalue weighted by atomic mass is 19.4. The number of benzene rings is 2. The molecule has 0 atom stereocenters. The molecule has 2 aromatic rings. The summed E-state index contributed by atoms with van der Waals surface area (Å²) in [6.45, 7) is -0.210. The normalized spacial score (nSPS) is 11.3. The Hall–Kier alpha value is -3.29. The van der Waals surface area contributed by atoms with Crippen LogP contribution in [0.2, 0.25) is 0 Å². The van der Waals surface area contributed by atoms with Gasteiger partial charge >= 0.3 is 6.36 Å². The molecule has 0 aliphatic carbocycles. The van der Waals surface area contributed by atoms with Crippen LogP contribution in [-0.4, -0.2) is 36.7 Å². The van der Waals surface area contributed by atoms with Gasteiger partial charge in [-0.15, -0.1) is 13.2 Å². The number of nitrogens with one attached hydrogen (secondary N) is 1. The number of anilines is 1. The van der Waals surface area contributed by atoms with Gasteiger partial charge in [-0.1, -0.05) is 30.3 Å². The Labute approximate surface area is 154 Å². The lowest BCUT2D eigenvalue weighted by Crippen LogP contribution is -2.33. The highest BCUT2D eigenvalue weighted by molar-refractivity contribution is 5.97. The van der Waals surface area contributed by atoms with Gasteiger partial charge in [0.1, 0.15) is 5.75 Å². The van der Waals surface area contributed by atoms with Crippen molar-refractivity contribution >= 4 is 23.6 Å². The van der Waals surface area contributed by atoms with Gasteiger partial charge in [-0.25, -0.2) is 0 Å². The van der Waals surface area contributed by atoms with Crippen molar-refractivity contribution in [2.75, 3.05) is 18.9 Å². The SMILES string of the molecule is CN(CC(=O)Nc1ccc(OC(F)(F)F)cc1)C(=O)C=Cc1ccccc1. The van der Waals surface area contributed by atoms with Gasteiger partial charge < -0.3 is 15.0 Å². The number of amides is 2. The van der Waals surface area contributed by atoms with E-state index in [0.717, 1.165) is 17.7 Å². The molecule has 8 heteroatoms. The van der Waals surface area contributed by atoms with Crippen LogP contribution in [0.15, 0.2) is 60.7 Å². The summed E-state index contributed by atoms with van der Waals surface area (Å²) in [6, 6.07) is 13.9. The van der Waals surface area contributed by atoms with Crippen LogP contribution in [0.4, 0.5) is 18.9 Å². The average Bonchev–Trinajstić information content (AvgIpc) is 2.61. The molecule has 0 saturated carbocycles. The predicted molar refractivity (Wildman–Crippen MR) is 94.9 cm³/mol. The molecule has 0 radical (unpaired) electrons. The topological polar surface area (TPSA) is 58.6 Å². The summed E-state index contributed by atoms with van der Waals surface area (Å²) in [6.07, 6.45) is -1.79. The Balaban J connectivity index is 1.85. The molecule has 0 saturated heterocycles. The quantitative estimate of drug-likeness (QED) is 0.780. The largest absolute Gasteiger partial charge is 0.573 e. The predicted octanol–water partition coefficient (Wildman–Crippen LogP) is 3.70. The van der Waals surface area contributed by atoms with Crippen molar-refractivity contribution in [2.24, 2.45) is 0 Å². The number of ether oxygens (including phenoxy) is 1. The summed E-state index contributed by atoms with van der Waals surface area (Å²) in [5, 5.41) is 2.50. The number of carbonyl (C=O) groups is 2. The van der Waals surface area contributed by atoms with Crippen LogP contribution in [0, 0.1) is 0 Å². The lowest BCUT2D eigenvalue weighted by Gasteiger charge is -2.15. The second-order valence-corrected chi connectivity index (χ2v) is 5.56. The zero-order valence-electron chi connectivity index (χ0n) is 14.4. The van der Waals surface area contributed by atoms with Crippen LogP contribution in [0.25, 0.3) is 6.08 Å². The molecular weight excluding hydrogens is 361 g/mol. The highest BCUT2D eigenvalue weighted by Crippen LogP contribution is 2.23. The fraction of sp³-hybridized carbons (Fsp3) is 0.158. The fourth-order valence-corrected chi connectivity index (χ4v) is 2.09. The van der Waals surface area contributed by atoms with E-state index in [-0.39, 0.29) is 23.9 Å². The van der Waals surface area contributed by atoms with Crippen molar-refractivity contribution in [1.82, 2.24) is 4.90 Å². The highest BCUT2D eigenvalue weighted by Gasteiger charge is 2.30. The summed E-state index contributed by atoms with van der Waals surface area (Å²) in [7, 11) is 1.47. The fourth-order valence-electron chi connectivity index (χ4n) is 2.09. The van der Waals surface area contributed by atoms with Crippen LogP contribution in [0.3, 0.4) is 0 Å². The van der Waals surface area contributed by atoms with Gasteiger partial charge in [0.15, 0.2) is 0 Å². The standard InChI is InChI=1S/C19H17F3N2O3/c1-24(18(26)12-7-14-5-3-2-4-6-14)13-17(25)23-15-8-10-16(11-9-15)27-19(20,21)22/h2-12H,13H2,1H3,(H,23,25). The minimum atomic E-state index is -4.78. The van der Waals surface area contributed by atoms with E-state index in [9.17, 15) is 22.8 Å². The molecule has 0 fully saturated rings. The van der Waals surface area contributed by atoms with E-state index >= 15 is 0 Å². The molecular formula is C19H17F3N2O3. The summed E-state index contributed by atoms with van der Waals surface area (Å²) >= 11 is 0. The first kappa shape index (κ1) is 20.0. The first-order chi connectivity index (χ1) is 12.7. The first-order valence-electron chi connectivity index (χ1n) is 7.87. The van der Waals surface area contributed by atoms with Gasteiger partial charge in [-0.3, -0.25) is 9.59 Å². The Kier molecular flexibility index (Phi) is 6.59.